The highest BCUT2D eigenvalue weighted by atomic mass is 32.2. The minimum atomic E-state index is -3.31. The zero-order chi connectivity index (χ0) is 14.5. The lowest BCUT2D eigenvalue weighted by Gasteiger charge is -2.26. The molecule has 0 saturated carbocycles. The average Bonchev–Trinajstić information content (AvgIpc) is 3.00. The van der Waals surface area contributed by atoms with Gasteiger partial charge in [-0.05, 0) is 29.5 Å². The minimum absolute atomic E-state index is 0.0473. The first kappa shape index (κ1) is 14.4. The predicted octanol–water partition coefficient (Wildman–Crippen LogP) is 2.86. The van der Waals surface area contributed by atoms with Crippen molar-refractivity contribution in [3.05, 3.63) is 29.8 Å². The summed E-state index contributed by atoms with van der Waals surface area (Å²) in [6, 6.07) is 7.60. The van der Waals surface area contributed by atoms with E-state index in [-0.39, 0.29) is 11.5 Å². The fourth-order valence-corrected chi connectivity index (χ4v) is 6.22. The Morgan fingerprint density at radius 1 is 1.20 bits per heavy atom. The second kappa shape index (κ2) is 4.75. The molecule has 0 aliphatic carbocycles. The van der Waals surface area contributed by atoms with Gasteiger partial charge in [0.05, 0.1) is 4.90 Å². The van der Waals surface area contributed by atoms with Gasteiger partial charge in [-0.25, -0.2) is 8.42 Å². The van der Waals surface area contributed by atoms with Crippen LogP contribution in [0.3, 0.4) is 0 Å². The van der Waals surface area contributed by atoms with Crippen molar-refractivity contribution in [2.45, 2.75) is 48.8 Å². The first-order valence-electron chi connectivity index (χ1n) is 7.02. The molecule has 1 aromatic carbocycles. The molecule has 2 aliphatic heterocycles. The lowest BCUT2D eigenvalue weighted by Crippen LogP contribution is -2.39. The standard InChI is InChI=1S/C15H21NO2S2/c1-15(2,3)11-4-6-14(7-5-11)20(17,18)16-9-13-8-12(16)10-19-13/h4-7,12-13H,8-10H2,1-3H3. The Kier molecular flexibility index (Phi) is 3.42. The maximum atomic E-state index is 12.7. The third-order valence-corrected chi connectivity index (χ3v) is 7.50. The van der Waals surface area contributed by atoms with Crippen molar-refractivity contribution in [1.82, 2.24) is 4.31 Å². The highest BCUT2D eigenvalue weighted by Crippen LogP contribution is 2.40. The van der Waals surface area contributed by atoms with Gasteiger partial charge in [0, 0.05) is 23.6 Å². The van der Waals surface area contributed by atoms with Gasteiger partial charge in [-0.1, -0.05) is 32.9 Å². The molecule has 2 aliphatic rings. The Morgan fingerprint density at radius 3 is 2.30 bits per heavy atom. The van der Waals surface area contributed by atoms with Crippen LogP contribution in [-0.2, 0) is 15.4 Å². The Morgan fingerprint density at radius 2 is 1.85 bits per heavy atom. The number of hydrogen-bond acceptors (Lipinski definition) is 3. The molecule has 0 amide bonds. The smallest absolute Gasteiger partial charge is 0.207 e. The Bertz CT molecular complexity index is 602. The molecule has 0 aromatic heterocycles. The quantitative estimate of drug-likeness (QED) is 0.843. The van der Waals surface area contributed by atoms with Gasteiger partial charge in [0.25, 0.3) is 0 Å². The largest absolute Gasteiger partial charge is 0.243 e. The first-order valence-corrected chi connectivity index (χ1v) is 9.51. The summed E-state index contributed by atoms with van der Waals surface area (Å²) in [5, 5.41) is 0.503. The Hall–Kier alpha value is -0.520. The highest BCUT2D eigenvalue weighted by Gasteiger charge is 2.44. The van der Waals surface area contributed by atoms with Crippen LogP contribution in [0.4, 0.5) is 0 Å². The van der Waals surface area contributed by atoms with Gasteiger partial charge < -0.3 is 0 Å². The van der Waals surface area contributed by atoms with E-state index in [2.05, 4.69) is 20.8 Å². The number of thioether (sulfide) groups is 1. The van der Waals surface area contributed by atoms with Crippen LogP contribution in [-0.4, -0.2) is 36.3 Å². The van der Waals surface area contributed by atoms with E-state index >= 15 is 0 Å². The van der Waals surface area contributed by atoms with Gasteiger partial charge in [0.15, 0.2) is 0 Å². The molecule has 2 fully saturated rings. The molecule has 20 heavy (non-hydrogen) atoms. The lowest BCUT2D eigenvalue weighted by atomic mass is 9.87. The number of nitrogens with zero attached hydrogens (tertiary/aromatic N) is 1. The zero-order valence-electron chi connectivity index (χ0n) is 12.2. The zero-order valence-corrected chi connectivity index (χ0v) is 13.8. The predicted molar refractivity (Wildman–Crippen MR) is 83.7 cm³/mol. The van der Waals surface area contributed by atoms with Gasteiger partial charge in [0.2, 0.25) is 10.0 Å². The molecule has 1 aromatic rings. The molecular formula is C15H21NO2S2. The lowest BCUT2D eigenvalue weighted by molar-refractivity contribution is 0.410. The molecule has 0 spiro atoms. The van der Waals surface area contributed by atoms with E-state index in [1.165, 1.54) is 0 Å². The van der Waals surface area contributed by atoms with Crippen molar-refractivity contribution in [3.8, 4) is 0 Å². The van der Waals surface area contributed by atoms with E-state index in [9.17, 15) is 8.42 Å². The Labute approximate surface area is 125 Å². The second-order valence-electron chi connectivity index (χ2n) is 6.69. The molecule has 3 nitrogen and oxygen atoms in total. The second-order valence-corrected chi connectivity index (χ2v) is 9.92. The number of hydrogen-bond donors (Lipinski definition) is 0. The van der Waals surface area contributed by atoms with Crippen LogP contribution in [0.15, 0.2) is 29.2 Å². The average molecular weight is 311 g/mol. The summed E-state index contributed by atoms with van der Waals surface area (Å²) in [5.74, 6) is 0.948. The fourth-order valence-electron chi connectivity index (χ4n) is 2.92. The first-order chi connectivity index (χ1) is 9.28. The summed E-state index contributed by atoms with van der Waals surface area (Å²) in [6.45, 7) is 7.08. The van der Waals surface area contributed by atoms with Crippen molar-refractivity contribution in [3.63, 3.8) is 0 Å². The van der Waals surface area contributed by atoms with Crippen LogP contribution < -0.4 is 0 Å². The summed E-state index contributed by atoms with van der Waals surface area (Å²) < 4.78 is 27.1. The number of fused-ring (bicyclic) bond motifs is 2. The summed E-state index contributed by atoms with van der Waals surface area (Å²) in [7, 11) is -3.31. The summed E-state index contributed by atoms with van der Waals surface area (Å²) in [4.78, 5) is 0.433. The van der Waals surface area contributed by atoms with Crippen molar-refractivity contribution in [1.29, 1.82) is 0 Å². The fraction of sp³-hybridized carbons (Fsp3) is 0.600. The molecule has 3 rings (SSSR count). The maximum absolute atomic E-state index is 12.7. The van der Waals surface area contributed by atoms with Crippen LogP contribution in [0.1, 0.15) is 32.8 Å². The van der Waals surface area contributed by atoms with Crippen molar-refractivity contribution < 1.29 is 8.42 Å². The molecule has 2 saturated heterocycles. The third-order valence-electron chi connectivity index (χ3n) is 4.18. The summed E-state index contributed by atoms with van der Waals surface area (Å²) in [6.07, 6.45) is 1.02. The van der Waals surface area contributed by atoms with E-state index in [1.54, 1.807) is 16.4 Å². The molecule has 0 radical (unpaired) electrons. The van der Waals surface area contributed by atoms with Gasteiger partial charge >= 0.3 is 0 Å². The Balaban J connectivity index is 1.88. The third kappa shape index (κ3) is 2.40. The van der Waals surface area contributed by atoms with Crippen molar-refractivity contribution >= 4 is 21.8 Å². The SMILES string of the molecule is CC(C)(C)c1ccc(S(=O)(=O)N2CC3CC2CS3)cc1. The van der Waals surface area contributed by atoms with Gasteiger partial charge in [-0.3, -0.25) is 0 Å². The van der Waals surface area contributed by atoms with Crippen molar-refractivity contribution in [2.24, 2.45) is 0 Å². The molecule has 2 unspecified atom stereocenters. The molecular weight excluding hydrogens is 290 g/mol. The number of sulfonamides is 1. The van der Waals surface area contributed by atoms with Crippen LogP contribution in [0.25, 0.3) is 0 Å². The van der Waals surface area contributed by atoms with E-state index in [1.807, 2.05) is 23.9 Å². The topological polar surface area (TPSA) is 37.4 Å². The number of rotatable bonds is 2. The van der Waals surface area contributed by atoms with Gasteiger partial charge in [-0.2, -0.15) is 16.1 Å². The highest BCUT2D eigenvalue weighted by molar-refractivity contribution is 8.00. The van der Waals surface area contributed by atoms with Gasteiger partial charge in [-0.15, -0.1) is 0 Å². The monoisotopic (exact) mass is 311 g/mol. The van der Waals surface area contributed by atoms with Crippen LogP contribution in [0.5, 0.6) is 0 Å². The molecule has 0 N–H and O–H groups in total. The van der Waals surface area contributed by atoms with E-state index in [0.717, 1.165) is 17.7 Å². The van der Waals surface area contributed by atoms with Crippen LogP contribution in [0, 0.1) is 0 Å². The number of benzene rings is 1. The van der Waals surface area contributed by atoms with E-state index < -0.39 is 10.0 Å². The molecule has 2 atom stereocenters. The molecule has 2 bridgehead atoms. The van der Waals surface area contributed by atoms with E-state index in [4.69, 9.17) is 0 Å². The van der Waals surface area contributed by atoms with E-state index in [0.29, 0.717) is 16.7 Å². The summed E-state index contributed by atoms with van der Waals surface area (Å²) >= 11 is 1.91. The molecule has 2 heterocycles. The molecule has 110 valence electrons. The van der Waals surface area contributed by atoms with Gasteiger partial charge in [0.1, 0.15) is 0 Å². The van der Waals surface area contributed by atoms with Crippen LogP contribution >= 0.6 is 11.8 Å². The normalized spacial score (nSPS) is 27.1. The van der Waals surface area contributed by atoms with Crippen molar-refractivity contribution in [2.75, 3.05) is 12.3 Å². The maximum Gasteiger partial charge on any atom is 0.243 e. The van der Waals surface area contributed by atoms with Crippen LogP contribution in [0.2, 0.25) is 0 Å². The summed E-state index contributed by atoms with van der Waals surface area (Å²) in [5.41, 5.74) is 1.21. The molecule has 5 heteroatoms. The minimum Gasteiger partial charge on any atom is -0.207 e.